The molecule has 0 radical (unpaired) electrons. The maximum absolute atomic E-state index is 13.0. The third kappa shape index (κ3) is 2.17. The van der Waals surface area contributed by atoms with E-state index in [0.29, 0.717) is 0 Å². The monoisotopic (exact) mass is 234 g/mol. The molecule has 2 aromatic heterocycles. The van der Waals surface area contributed by atoms with Gasteiger partial charge in [-0.1, -0.05) is 0 Å². The summed E-state index contributed by atoms with van der Waals surface area (Å²) in [6, 6.07) is 3.65. The molecule has 0 fully saturated rings. The van der Waals surface area contributed by atoms with Gasteiger partial charge in [0.25, 0.3) is 5.69 Å². The van der Waals surface area contributed by atoms with Crippen molar-refractivity contribution in [3.63, 3.8) is 0 Å². The predicted octanol–water partition coefficient (Wildman–Crippen LogP) is 1.77. The molecule has 17 heavy (non-hydrogen) atoms. The molecule has 2 heterocycles. The fraction of sp³-hybridized carbons (Fsp3) is 0. The van der Waals surface area contributed by atoms with Gasteiger partial charge in [0.05, 0.1) is 11.1 Å². The van der Waals surface area contributed by atoms with E-state index < -0.39 is 10.7 Å². The number of hydrogen-bond acceptors (Lipinski definition) is 5. The van der Waals surface area contributed by atoms with Gasteiger partial charge in [-0.25, -0.2) is 9.37 Å². The third-order valence-corrected chi connectivity index (χ3v) is 2.07. The standard InChI is InChI=1S/C10H7FN4O2/c11-7-3-6(4-13-5-7)10-8(15(16)17)1-2-9(12)14-10/h1-5H,(H2,12,14). The van der Waals surface area contributed by atoms with Crippen LogP contribution < -0.4 is 5.73 Å². The second-order valence-electron chi connectivity index (χ2n) is 3.25. The highest BCUT2D eigenvalue weighted by molar-refractivity contribution is 5.70. The van der Waals surface area contributed by atoms with Crippen LogP contribution >= 0.6 is 0 Å². The van der Waals surface area contributed by atoms with E-state index in [4.69, 9.17) is 5.73 Å². The summed E-state index contributed by atoms with van der Waals surface area (Å²) in [5, 5.41) is 10.8. The maximum atomic E-state index is 13.0. The van der Waals surface area contributed by atoms with Crippen molar-refractivity contribution in [1.29, 1.82) is 0 Å². The van der Waals surface area contributed by atoms with Crippen LogP contribution in [0.3, 0.4) is 0 Å². The van der Waals surface area contributed by atoms with Crippen LogP contribution in [0.2, 0.25) is 0 Å². The third-order valence-electron chi connectivity index (χ3n) is 2.07. The van der Waals surface area contributed by atoms with Crippen LogP contribution in [0.1, 0.15) is 0 Å². The fourth-order valence-electron chi connectivity index (χ4n) is 1.37. The molecule has 6 nitrogen and oxygen atoms in total. The Bertz CT molecular complexity index is 588. The lowest BCUT2D eigenvalue weighted by molar-refractivity contribution is -0.384. The van der Waals surface area contributed by atoms with Crippen molar-refractivity contribution in [2.45, 2.75) is 0 Å². The van der Waals surface area contributed by atoms with Crippen molar-refractivity contribution in [2.24, 2.45) is 0 Å². The van der Waals surface area contributed by atoms with Crippen LogP contribution in [0.4, 0.5) is 15.9 Å². The van der Waals surface area contributed by atoms with Crippen molar-refractivity contribution in [1.82, 2.24) is 9.97 Å². The summed E-state index contributed by atoms with van der Waals surface area (Å²) < 4.78 is 13.0. The summed E-state index contributed by atoms with van der Waals surface area (Å²) in [4.78, 5) is 17.6. The van der Waals surface area contributed by atoms with E-state index in [1.807, 2.05) is 0 Å². The van der Waals surface area contributed by atoms with Crippen molar-refractivity contribution >= 4 is 11.5 Å². The van der Waals surface area contributed by atoms with Gasteiger partial charge in [-0.15, -0.1) is 0 Å². The van der Waals surface area contributed by atoms with Crippen molar-refractivity contribution in [3.05, 3.63) is 46.5 Å². The summed E-state index contributed by atoms with van der Waals surface area (Å²) in [5.41, 5.74) is 5.43. The van der Waals surface area contributed by atoms with Gasteiger partial charge >= 0.3 is 0 Å². The molecular formula is C10H7FN4O2. The molecule has 2 N–H and O–H groups in total. The minimum atomic E-state index is -0.604. The molecule has 0 amide bonds. The number of pyridine rings is 2. The van der Waals surface area contributed by atoms with Gasteiger partial charge in [-0.2, -0.15) is 0 Å². The normalized spacial score (nSPS) is 10.2. The molecule has 7 heteroatoms. The Morgan fingerprint density at radius 1 is 1.35 bits per heavy atom. The zero-order chi connectivity index (χ0) is 12.4. The van der Waals surface area contributed by atoms with Gasteiger partial charge in [0, 0.05) is 17.8 Å². The molecule has 0 spiro atoms. The fourth-order valence-corrected chi connectivity index (χ4v) is 1.37. The number of nitrogens with zero attached hydrogens (tertiary/aromatic N) is 3. The van der Waals surface area contributed by atoms with Crippen LogP contribution in [0.15, 0.2) is 30.6 Å². The summed E-state index contributed by atoms with van der Waals surface area (Å²) in [7, 11) is 0. The zero-order valence-corrected chi connectivity index (χ0v) is 8.50. The minimum Gasteiger partial charge on any atom is -0.384 e. The van der Waals surface area contributed by atoms with E-state index in [-0.39, 0.29) is 22.8 Å². The number of nitrogen functional groups attached to an aromatic ring is 1. The number of rotatable bonds is 2. The van der Waals surface area contributed by atoms with Crippen LogP contribution in [0, 0.1) is 15.9 Å². The maximum Gasteiger partial charge on any atom is 0.295 e. The first-order valence-electron chi connectivity index (χ1n) is 4.60. The molecule has 0 aliphatic heterocycles. The van der Waals surface area contributed by atoms with Crippen molar-refractivity contribution in [3.8, 4) is 11.3 Å². The molecule has 86 valence electrons. The highest BCUT2D eigenvalue weighted by Gasteiger charge is 2.17. The van der Waals surface area contributed by atoms with Gasteiger partial charge in [0.1, 0.15) is 11.6 Å². The van der Waals surface area contributed by atoms with Crippen molar-refractivity contribution < 1.29 is 9.31 Å². The molecule has 2 rings (SSSR count). The number of aromatic nitrogens is 2. The first kappa shape index (κ1) is 10.9. The molecular weight excluding hydrogens is 227 g/mol. The molecule has 2 aromatic rings. The first-order chi connectivity index (χ1) is 8.08. The lowest BCUT2D eigenvalue weighted by Gasteiger charge is -2.02. The van der Waals surface area contributed by atoms with Crippen LogP contribution in [-0.2, 0) is 0 Å². The van der Waals surface area contributed by atoms with E-state index in [1.54, 1.807) is 0 Å². The van der Waals surface area contributed by atoms with E-state index in [0.717, 1.165) is 12.3 Å². The second-order valence-corrected chi connectivity index (χ2v) is 3.25. The SMILES string of the molecule is Nc1ccc([N+](=O)[O-])c(-c2cncc(F)c2)n1. The Hall–Kier alpha value is -2.57. The van der Waals surface area contributed by atoms with E-state index in [1.165, 1.54) is 18.3 Å². The minimum absolute atomic E-state index is 0.00185. The molecule has 0 saturated heterocycles. The average Bonchev–Trinajstić information content (AvgIpc) is 2.28. The van der Waals surface area contributed by atoms with Gasteiger partial charge in [-0.3, -0.25) is 15.1 Å². The summed E-state index contributed by atoms with van der Waals surface area (Å²) in [6.07, 6.45) is 2.29. The Morgan fingerprint density at radius 3 is 2.76 bits per heavy atom. The van der Waals surface area contributed by atoms with Crippen LogP contribution in [0.5, 0.6) is 0 Å². The highest BCUT2D eigenvalue weighted by atomic mass is 19.1. The Morgan fingerprint density at radius 2 is 2.12 bits per heavy atom. The largest absolute Gasteiger partial charge is 0.384 e. The lowest BCUT2D eigenvalue weighted by Crippen LogP contribution is -1.98. The zero-order valence-electron chi connectivity index (χ0n) is 8.50. The average molecular weight is 234 g/mol. The highest BCUT2D eigenvalue weighted by Crippen LogP contribution is 2.28. The van der Waals surface area contributed by atoms with Gasteiger partial charge in [-0.05, 0) is 12.1 Å². The molecule has 0 bridgehead atoms. The van der Waals surface area contributed by atoms with E-state index in [9.17, 15) is 14.5 Å². The quantitative estimate of drug-likeness (QED) is 0.631. The summed E-state index contributed by atoms with van der Waals surface area (Å²) >= 11 is 0. The summed E-state index contributed by atoms with van der Waals surface area (Å²) in [5.74, 6) is -0.476. The molecule has 0 aliphatic rings. The van der Waals surface area contributed by atoms with Crippen molar-refractivity contribution in [2.75, 3.05) is 5.73 Å². The van der Waals surface area contributed by atoms with Crippen LogP contribution in [0.25, 0.3) is 11.3 Å². The van der Waals surface area contributed by atoms with E-state index in [2.05, 4.69) is 9.97 Å². The first-order valence-corrected chi connectivity index (χ1v) is 4.60. The Balaban J connectivity index is 2.65. The molecule has 0 aromatic carbocycles. The smallest absolute Gasteiger partial charge is 0.295 e. The Kier molecular flexibility index (Phi) is 2.65. The number of nitro groups is 1. The number of anilines is 1. The second kappa shape index (κ2) is 4.12. The van der Waals surface area contributed by atoms with E-state index >= 15 is 0 Å². The Labute approximate surface area is 95.1 Å². The van der Waals surface area contributed by atoms with Gasteiger partial charge in [0.2, 0.25) is 0 Å². The van der Waals surface area contributed by atoms with Gasteiger partial charge in [0.15, 0.2) is 5.69 Å². The van der Waals surface area contributed by atoms with Crippen LogP contribution in [-0.4, -0.2) is 14.9 Å². The number of hydrogen-bond donors (Lipinski definition) is 1. The van der Waals surface area contributed by atoms with Gasteiger partial charge < -0.3 is 5.73 Å². The molecule has 0 aliphatic carbocycles. The summed E-state index contributed by atoms with van der Waals surface area (Å²) in [6.45, 7) is 0. The molecule has 0 unspecified atom stereocenters. The number of halogens is 1. The molecule has 0 atom stereocenters. The molecule has 0 saturated carbocycles. The topological polar surface area (TPSA) is 94.9 Å². The predicted molar refractivity (Wildman–Crippen MR) is 58.5 cm³/mol. The lowest BCUT2D eigenvalue weighted by atomic mass is 10.1. The number of nitrogens with two attached hydrogens (primary N) is 1.